The Morgan fingerprint density at radius 3 is 1.90 bits per heavy atom. The Balaban J connectivity index is 4.50. The molecule has 0 bridgehead atoms. The Morgan fingerprint density at radius 1 is 1.40 bits per heavy atom. The van der Waals surface area contributed by atoms with Gasteiger partial charge >= 0.3 is 0 Å². The van der Waals surface area contributed by atoms with Crippen molar-refractivity contribution in [2.24, 2.45) is 0 Å². The second-order valence-corrected chi connectivity index (χ2v) is 4.39. The molecular formula is C7H7BrN2. The molecule has 0 aliphatic heterocycles. The highest BCUT2D eigenvalue weighted by atomic mass is 79.9. The van der Waals surface area contributed by atoms with E-state index in [0.717, 1.165) is 0 Å². The van der Waals surface area contributed by atoms with Crippen LogP contribution in [0.5, 0.6) is 0 Å². The first-order chi connectivity index (χ1) is 4.49. The van der Waals surface area contributed by atoms with Crippen LogP contribution in [0.2, 0.25) is 0 Å². The van der Waals surface area contributed by atoms with Gasteiger partial charge in [0.15, 0.2) is 0 Å². The molecule has 0 atom stereocenters. The van der Waals surface area contributed by atoms with Gasteiger partial charge in [-0.1, -0.05) is 15.9 Å². The molecule has 0 unspecified atom stereocenters. The van der Waals surface area contributed by atoms with Gasteiger partial charge in [0, 0.05) is 4.32 Å². The average molecular weight is 199 g/mol. The highest BCUT2D eigenvalue weighted by molar-refractivity contribution is 9.10. The van der Waals surface area contributed by atoms with E-state index in [4.69, 9.17) is 10.5 Å². The molecule has 0 aromatic heterocycles. The van der Waals surface area contributed by atoms with Gasteiger partial charge in [-0.2, -0.15) is 10.5 Å². The van der Waals surface area contributed by atoms with E-state index < -0.39 is 0 Å². The molecule has 0 heterocycles. The zero-order chi connectivity index (χ0) is 8.20. The van der Waals surface area contributed by atoms with E-state index in [2.05, 4.69) is 15.9 Å². The molecule has 0 aliphatic carbocycles. The summed E-state index contributed by atoms with van der Waals surface area (Å²) in [6.07, 6.45) is 1.58. The van der Waals surface area contributed by atoms with Crippen molar-refractivity contribution < 1.29 is 0 Å². The topological polar surface area (TPSA) is 47.6 Å². The summed E-state index contributed by atoms with van der Waals surface area (Å²) in [5.74, 6) is 0. The fourth-order valence-electron chi connectivity index (χ4n) is 0.433. The molecule has 0 saturated heterocycles. The van der Waals surface area contributed by atoms with Crippen molar-refractivity contribution >= 4 is 15.9 Å². The second-order valence-electron chi connectivity index (χ2n) is 2.35. The molecule has 0 saturated carbocycles. The lowest BCUT2D eigenvalue weighted by Crippen LogP contribution is -2.04. The second kappa shape index (κ2) is 3.39. The fourth-order valence-corrected chi connectivity index (χ4v) is 0.662. The molecule has 52 valence electrons. The van der Waals surface area contributed by atoms with Crippen molar-refractivity contribution in [3.05, 3.63) is 11.6 Å². The number of hydrogen-bond acceptors (Lipinski definition) is 2. The van der Waals surface area contributed by atoms with Gasteiger partial charge < -0.3 is 0 Å². The van der Waals surface area contributed by atoms with Crippen LogP contribution in [0.3, 0.4) is 0 Å². The fraction of sp³-hybridized carbons (Fsp3) is 0.429. The van der Waals surface area contributed by atoms with Crippen LogP contribution in [-0.2, 0) is 0 Å². The standard InChI is InChI=1S/C7H7BrN2/c1-7(2,8)3-6(4-9)5-10/h3H,1-2H3. The molecule has 0 aromatic rings. The van der Waals surface area contributed by atoms with Crippen molar-refractivity contribution in [2.75, 3.05) is 0 Å². The number of alkyl halides is 1. The van der Waals surface area contributed by atoms with Gasteiger partial charge in [-0.15, -0.1) is 0 Å². The lowest BCUT2D eigenvalue weighted by atomic mass is 10.1. The molecule has 3 heteroatoms. The molecule has 0 radical (unpaired) electrons. The summed E-state index contributed by atoms with van der Waals surface area (Å²) in [7, 11) is 0. The van der Waals surface area contributed by atoms with Crippen LogP contribution in [0.25, 0.3) is 0 Å². The normalized spacial score (nSPS) is 9.30. The van der Waals surface area contributed by atoms with E-state index in [0.29, 0.717) is 0 Å². The zero-order valence-corrected chi connectivity index (χ0v) is 7.44. The van der Waals surface area contributed by atoms with Crippen LogP contribution in [0, 0.1) is 22.7 Å². The summed E-state index contributed by atoms with van der Waals surface area (Å²) in [5, 5.41) is 16.7. The summed E-state index contributed by atoms with van der Waals surface area (Å²) in [6, 6.07) is 3.56. The smallest absolute Gasteiger partial charge is 0.127 e. The lowest BCUT2D eigenvalue weighted by Gasteiger charge is -2.07. The Kier molecular flexibility index (Phi) is 3.12. The summed E-state index contributed by atoms with van der Waals surface area (Å²) >= 11 is 3.28. The van der Waals surface area contributed by atoms with E-state index >= 15 is 0 Å². The predicted molar refractivity (Wildman–Crippen MR) is 42.3 cm³/mol. The van der Waals surface area contributed by atoms with Gasteiger partial charge in [0.1, 0.15) is 17.7 Å². The zero-order valence-electron chi connectivity index (χ0n) is 5.85. The van der Waals surface area contributed by atoms with Gasteiger partial charge in [0.25, 0.3) is 0 Å². The highest BCUT2D eigenvalue weighted by Crippen LogP contribution is 2.18. The molecular weight excluding hydrogens is 192 g/mol. The molecule has 0 N–H and O–H groups in total. The molecule has 0 spiro atoms. The largest absolute Gasteiger partial charge is 0.192 e. The van der Waals surface area contributed by atoms with E-state index in [1.54, 1.807) is 18.2 Å². The maximum Gasteiger partial charge on any atom is 0.127 e. The maximum absolute atomic E-state index is 8.33. The average Bonchev–Trinajstić information content (AvgIpc) is 1.81. The van der Waals surface area contributed by atoms with Crippen molar-refractivity contribution in [1.82, 2.24) is 0 Å². The van der Waals surface area contributed by atoms with Crippen molar-refractivity contribution in [2.45, 2.75) is 18.2 Å². The van der Waals surface area contributed by atoms with E-state index in [1.807, 2.05) is 13.8 Å². The van der Waals surface area contributed by atoms with Gasteiger partial charge in [0.05, 0.1) is 0 Å². The molecule has 0 rings (SSSR count). The molecule has 0 aliphatic rings. The Morgan fingerprint density at radius 2 is 1.80 bits per heavy atom. The minimum atomic E-state index is -0.270. The number of nitrogens with zero attached hydrogens (tertiary/aromatic N) is 2. The first-order valence-electron chi connectivity index (χ1n) is 2.71. The van der Waals surface area contributed by atoms with Crippen LogP contribution in [-0.4, -0.2) is 4.32 Å². The minimum absolute atomic E-state index is 0.141. The number of rotatable bonds is 1. The van der Waals surface area contributed by atoms with Gasteiger partial charge in [-0.25, -0.2) is 0 Å². The molecule has 0 fully saturated rings. The highest BCUT2D eigenvalue weighted by Gasteiger charge is 2.09. The van der Waals surface area contributed by atoms with E-state index in [9.17, 15) is 0 Å². The number of allylic oxidation sites excluding steroid dienone is 2. The number of halogens is 1. The van der Waals surface area contributed by atoms with Crippen LogP contribution >= 0.6 is 15.9 Å². The van der Waals surface area contributed by atoms with Gasteiger partial charge in [0.2, 0.25) is 0 Å². The van der Waals surface area contributed by atoms with E-state index in [1.165, 1.54) is 0 Å². The van der Waals surface area contributed by atoms with Crippen molar-refractivity contribution in [3.8, 4) is 12.1 Å². The van der Waals surface area contributed by atoms with Crippen LogP contribution in [0.4, 0.5) is 0 Å². The minimum Gasteiger partial charge on any atom is -0.192 e. The predicted octanol–water partition coefficient (Wildman–Crippen LogP) is 2.13. The van der Waals surface area contributed by atoms with Crippen LogP contribution < -0.4 is 0 Å². The summed E-state index contributed by atoms with van der Waals surface area (Å²) in [6.45, 7) is 3.73. The quantitative estimate of drug-likeness (QED) is 0.479. The first-order valence-corrected chi connectivity index (χ1v) is 3.51. The molecule has 0 aromatic carbocycles. The summed E-state index contributed by atoms with van der Waals surface area (Å²) < 4.78 is -0.270. The summed E-state index contributed by atoms with van der Waals surface area (Å²) in [4.78, 5) is 0. The lowest BCUT2D eigenvalue weighted by molar-refractivity contribution is 0.917. The Labute approximate surface area is 68.9 Å². The Hall–Kier alpha value is -0.800. The van der Waals surface area contributed by atoms with E-state index in [-0.39, 0.29) is 9.90 Å². The number of hydrogen-bond donors (Lipinski definition) is 0. The SMILES string of the molecule is CC(C)(Br)C=C(C#N)C#N. The monoisotopic (exact) mass is 198 g/mol. The maximum atomic E-state index is 8.33. The van der Waals surface area contributed by atoms with Gasteiger partial charge in [-0.05, 0) is 19.9 Å². The van der Waals surface area contributed by atoms with Crippen LogP contribution in [0.15, 0.2) is 11.6 Å². The first kappa shape index (κ1) is 9.20. The third kappa shape index (κ3) is 4.12. The molecule has 10 heavy (non-hydrogen) atoms. The van der Waals surface area contributed by atoms with Crippen molar-refractivity contribution in [3.63, 3.8) is 0 Å². The Bertz CT molecular complexity index is 205. The molecule has 0 amide bonds. The molecule has 2 nitrogen and oxygen atoms in total. The third-order valence-corrected chi connectivity index (χ3v) is 0.957. The van der Waals surface area contributed by atoms with Gasteiger partial charge in [-0.3, -0.25) is 0 Å². The third-order valence-electron chi connectivity index (χ3n) is 0.728. The summed E-state index contributed by atoms with van der Waals surface area (Å²) in [5.41, 5.74) is 0.141. The number of nitriles is 2. The van der Waals surface area contributed by atoms with Crippen molar-refractivity contribution in [1.29, 1.82) is 10.5 Å². The van der Waals surface area contributed by atoms with Crippen LogP contribution in [0.1, 0.15) is 13.8 Å².